The first-order chi connectivity index (χ1) is 13.3. The molecule has 0 aliphatic heterocycles. The van der Waals surface area contributed by atoms with Crippen LogP contribution in [0.25, 0.3) is 0 Å². The van der Waals surface area contributed by atoms with E-state index in [1.807, 2.05) is 39.0 Å². The molecule has 1 atom stereocenters. The molecule has 1 aromatic rings. The molecule has 0 spiro atoms. The third-order valence-electron chi connectivity index (χ3n) is 3.64. The highest BCUT2D eigenvalue weighted by Gasteiger charge is 2.17. The zero-order valence-corrected chi connectivity index (χ0v) is 19.1. The second-order valence-electron chi connectivity index (χ2n) is 7.06. The van der Waals surface area contributed by atoms with E-state index in [0.29, 0.717) is 18.4 Å². The fourth-order valence-corrected chi connectivity index (χ4v) is 2.15. The van der Waals surface area contributed by atoms with E-state index in [4.69, 9.17) is 0 Å². The maximum Gasteiger partial charge on any atom is 0.333 e. The number of rotatable bonds is 7. The van der Waals surface area contributed by atoms with E-state index in [0.717, 1.165) is 6.42 Å². The topological polar surface area (TPSA) is 82.3 Å². The van der Waals surface area contributed by atoms with Crippen molar-refractivity contribution in [3.8, 4) is 0 Å². The Morgan fingerprint density at radius 3 is 1.93 bits per heavy atom. The van der Waals surface area contributed by atoms with Gasteiger partial charge < -0.3 is 10.6 Å². The minimum atomic E-state index is -0.371. The highest BCUT2D eigenvalue weighted by molar-refractivity contribution is 5.82. The Morgan fingerprint density at radius 2 is 1.54 bits per heavy atom. The Bertz CT molecular complexity index is 505. The number of hydrazine groups is 1. The van der Waals surface area contributed by atoms with Gasteiger partial charge in [-0.2, -0.15) is 0 Å². The lowest BCUT2D eigenvalue weighted by Crippen LogP contribution is -2.52. The molecule has 6 nitrogen and oxygen atoms in total. The molecule has 1 unspecified atom stereocenters. The van der Waals surface area contributed by atoms with E-state index in [1.165, 1.54) is 5.56 Å². The molecular formula is C22H42N4O2. The van der Waals surface area contributed by atoms with Crippen molar-refractivity contribution in [1.82, 2.24) is 21.5 Å². The lowest BCUT2D eigenvalue weighted by Gasteiger charge is -2.24. The first-order valence-electron chi connectivity index (χ1n) is 10.3. The Kier molecular flexibility index (Phi) is 18.4. The molecule has 28 heavy (non-hydrogen) atoms. The molecular weight excluding hydrogens is 352 g/mol. The average molecular weight is 395 g/mol. The molecule has 3 amide bonds. The van der Waals surface area contributed by atoms with Crippen molar-refractivity contribution in [2.45, 2.75) is 67.9 Å². The summed E-state index contributed by atoms with van der Waals surface area (Å²) in [5, 5.41) is 5.75. The number of hydrogen-bond acceptors (Lipinski definition) is 3. The molecule has 0 fully saturated rings. The van der Waals surface area contributed by atoms with Gasteiger partial charge in [-0.15, -0.1) is 0 Å². The van der Waals surface area contributed by atoms with Crippen molar-refractivity contribution in [2.75, 3.05) is 13.1 Å². The molecule has 0 heterocycles. The van der Waals surface area contributed by atoms with Crippen LogP contribution in [-0.2, 0) is 4.79 Å². The Balaban J connectivity index is 0. The van der Waals surface area contributed by atoms with E-state index in [9.17, 15) is 9.59 Å². The molecule has 0 bridgehead atoms. The van der Waals surface area contributed by atoms with E-state index in [-0.39, 0.29) is 24.5 Å². The van der Waals surface area contributed by atoms with Crippen LogP contribution in [0.4, 0.5) is 4.79 Å². The summed E-state index contributed by atoms with van der Waals surface area (Å²) in [4.78, 5) is 22.9. The van der Waals surface area contributed by atoms with Gasteiger partial charge in [0.1, 0.15) is 0 Å². The summed E-state index contributed by atoms with van der Waals surface area (Å²) in [5.41, 5.74) is 6.03. The number of urea groups is 1. The van der Waals surface area contributed by atoms with Gasteiger partial charge in [0, 0.05) is 6.04 Å². The van der Waals surface area contributed by atoms with E-state index >= 15 is 0 Å². The SMILES string of the molecule is CC.CCNCC(=O)NNC(=O)NC(CC(C)C)C(C)C.Cc1ccccc1. The molecule has 0 aromatic heterocycles. The molecule has 0 aliphatic carbocycles. The molecule has 0 aliphatic rings. The number of hydrogen-bond donors (Lipinski definition) is 4. The number of carbonyl (C=O) groups is 2. The van der Waals surface area contributed by atoms with Gasteiger partial charge in [0.15, 0.2) is 0 Å². The van der Waals surface area contributed by atoms with E-state index < -0.39 is 0 Å². The molecule has 162 valence electrons. The number of likely N-dealkylation sites (N-methyl/N-ethyl adjacent to an activating group) is 1. The Labute approximate surface area is 172 Å². The third-order valence-corrected chi connectivity index (χ3v) is 3.64. The van der Waals surface area contributed by atoms with Gasteiger partial charge in [0.2, 0.25) is 0 Å². The van der Waals surface area contributed by atoms with Crippen LogP contribution in [0.5, 0.6) is 0 Å². The molecule has 1 aromatic carbocycles. The fraction of sp³-hybridized carbons (Fsp3) is 0.636. The van der Waals surface area contributed by atoms with Gasteiger partial charge in [-0.25, -0.2) is 10.2 Å². The summed E-state index contributed by atoms with van der Waals surface area (Å²) in [7, 11) is 0. The standard InChI is InChI=1S/C13H28N4O2.C7H8.C2H6/c1-6-14-8-12(18)16-17-13(19)15-11(10(4)5)7-9(2)3;1-7-5-3-2-4-6-7;1-2/h9-11,14H,6-8H2,1-5H3,(H,16,18)(H2,15,17,19);2-6H,1H3;1-2H3. The highest BCUT2D eigenvalue weighted by Crippen LogP contribution is 2.12. The van der Waals surface area contributed by atoms with Gasteiger partial charge in [-0.3, -0.25) is 10.2 Å². The molecule has 0 radical (unpaired) electrons. The van der Waals surface area contributed by atoms with Crippen LogP contribution in [0.2, 0.25) is 0 Å². The van der Waals surface area contributed by atoms with E-state index in [1.54, 1.807) is 0 Å². The van der Waals surface area contributed by atoms with Crippen LogP contribution < -0.4 is 21.5 Å². The number of nitrogens with one attached hydrogen (secondary N) is 4. The first kappa shape index (κ1) is 28.1. The van der Waals surface area contributed by atoms with Crippen LogP contribution in [0, 0.1) is 18.8 Å². The summed E-state index contributed by atoms with van der Waals surface area (Å²) in [5.74, 6) is 0.601. The van der Waals surface area contributed by atoms with Crippen LogP contribution in [0.3, 0.4) is 0 Å². The number of amides is 3. The third kappa shape index (κ3) is 17.3. The van der Waals surface area contributed by atoms with Gasteiger partial charge >= 0.3 is 6.03 Å². The monoisotopic (exact) mass is 394 g/mol. The lowest BCUT2D eigenvalue weighted by atomic mass is 9.95. The predicted octanol–water partition coefficient (Wildman–Crippen LogP) is 4.02. The van der Waals surface area contributed by atoms with Gasteiger partial charge in [-0.05, 0) is 31.7 Å². The van der Waals surface area contributed by atoms with Crippen LogP contribution in [-0.4, -0.2) is 31.1 Å². The fourth-order valence-electron chi connectivity index (χ4n) is 2.15. The first-order valence-corrected chi connectivity index (χ1v) is 10.3. The molecule has 6 heteroatoms. The van der Waals surface area contributed by atoms with Crippen molar-refractivity contribution in [2.24, 2.45) is 11.8 Å². The molecule has 0 saturated carbocycles. The van der Waals surface area contributed by atoms with Gasteiger partial charge in [0.05, 0.1) is 6.54 Å². The van der Waals surface area contributed by atoms with Crippen molar-refractivity contribution >= 4 is 11.9 Å². The number of aryl methyl sites for hydroxylation is 1. The number of carbonyl (C=O) groups excluding carboxylic acids is 2. The van der Waals surface area contributed by atoms with Crippen molar-refractivity contribution in [1.29, 1.82) is 0 Å². The van der Waals surface area contributed by atoms with Crippen molar-refractivity contribution in [3.05, 3.63) is 35.9 Å². The van der Waals surface area contributed by atoms with Crippen LogP contribution in [0.15, 0.2) is 30.3 Å². The van der Waals surface area contributed by atoms with Gasteiger partial charge in [0.25, 0.3) is 5.91 Å². The summed E-state index contributed by atoms with van der Waals surface area (Å²) in [6.07, 6.45) is 0.913. The largest absolute Gasteiger partial charge is 0.334 e. The summed E-state index contributed by atoms with van der Waals surface area (Å²) in [6.45, 7) is 17.3. The summed E-state index contributed by atoms with van der Waals surface area (Å²) >= 11 is 0. The molecule has 0 saturated heterocycles. The quantitative estimate of drug-likeness (QED) is 0.527. The van der Waals surface area contributed by atoms with Crippen molar-refractivity contribution in [3.63, 3.8) is 0 Å². The van der Waals surface area contributed by atoms with Crippen LogP contribution in [0.1, 0.15) is 60.5 Å². The predicted molar refractivity (Wildman–Crippen MR) is 119 cm³/mol. The van der Waals surface area contributed by atoms with E-state index in [2.05, 4.69) is 68.2 Å². The maximum absolute atomic E-state index is 11.7. The number of benzene rings is 1. The zero-order chi connectivity index (χ0) is 21.9. The lowest BCUT2D eigenvalue weighted by molar-refractivity contribution is -0.120. The maximum atomic E-state index is 11.7. The van der Waals surface area contributed by atoms with Gasteiger partial charge in [-0.1, -0.05) is 84.4 Å². The van der Waals surface area contributed by atoms with Crippen LogP contribution >= 0.6 is 0 Å². The second kappa shape index (κ2) is 18.3. The minimum absolute atomic E-state index is 0.102. The van der Waals surface area contributed by atoms with Crippen molar-refractivity contribution < 1.29 is 9.59 Å². The highest BCUT2D eigenvalue weighted by atomic mass is 16.2. The minimum Gasteiger partial charge on any atom is -0.334 e. The Hall–Kier alpha value is -2.08. The normalized spacial score (nSPS) is 10.8. The average Bonchev–Trinajstić information content (AvgIpc) is 2.66. The summed E-state index contributed by atoms with van der Waals surface area (Å²) in [6, 6.07) is 9.99. The smallest absolute Gasteiger partial charge is 0.333 e. The second-order valence-corrected chi connectivity index (χ2v) is 7.06. The molecule has 1 rings (SSSR count). The Morgan fingerprint density at radius 1 is 0.964 bits per heavy atom. The zero-order valence-electron chi connectivity index (χ0n) is 19.1. The molecule has 4 N–H and O–H groups in total. The summed E-state index contributed by atoms with van der Waals surface area (Å²) < 4.78 is 0.